The molecule has 0 rings (SSSR count). The van der Waals surface area contributed by atoms with Crippen LogP contribution in [0.2, 0.25) is 0 Å². The topological polar surface area (TPSA) is 96.2 Å². The molecular weight excluding hydrogens is 200 g/mol. The molecule has 80 valence electrons. The molecule has 0 spiro atoms. The van der Waals surface area contributed by atoms with Gasteiger partial charge in [0.2, 0.25) is 12.2 Å². The lowest BCUT2D eigenvalue weighted by atomic mass is 10.1. The predicted molar refractivity (Wildman–Crippen MR) is 50.9 cm³/mol. The van der Waals surface area contributed by atoms with Crippen molar-refractivity contribution < 1.29 is 19.5 Å². The van der Waals surface area contributed by atoms with Gasteiger partial charge in [0, 0.05) is 5.57 Å². The zero-order valence-corrected chi connectivity index (χ0v) is 8.14. The van der Waals surface area contributed by atoms with Crippen LogP contribution in [0.25, 0.3) is 0 Å². The molecule has 0 aliphatic carbocycles. The number of carbonyl (C=O) groups excluding carboxylic acids is 2. The average Bonchev–Trinajstić information content (AvgIpc) is 2.18. The van der Waals surface area contributed by atoms with Gasteiger partial charge in [0.1, 0.15) is 0 Å². The highest BCUT2D eigenvalue weighted by Gasteiger charge is 2.07. The Morgan fingerprint density at radius 2 is 2.13 bits per heavy atom. The lowest BCUT2D eigenvalue weighted by Crippen LogP contribution is -2.06. The summed E-state index contributed by atoms with van der Waals surface area (Å²) in [5.41, 5.74) is 0.0779. The number of aliphatic carboxylic acids is 1. The minimum Gasteiger partial charge on any atom is -0.478 e. The highest BCUT2D eigenvalue weighted by molar-refractivity contribution is 5.85. The van der Waals surface area contributed by atoms with Crippen molar-refractivity contribution in [3.63, 3.8) is 0 Å². The van der Waals surface area contributed by atoms with Crippen molar-refractivity contribution in [2.45, 2.75) is 19.4 Å². The van der Waals surface area contributed by atoms with E-state index in [2.05, 4.69) is 9.98 Å². The van der Waals surface area contributed by atoms with Crippen molar-refractivity contribution in [2.24, 2.45) is 9.98 Å². The van der Waals surface area contributed by atoms with E-state index in [0.29, 0.717) is 0 Å². The molecule has 0 fully saturated rings. The van der Waals surface area contributed by atoms with E-state index in [1.807, 2.05) is 0 Å². The van der Waals surface area contributed by atoms with Crippen LogP contribution < -0.4 is 0 Å². The second kappa shape index (κ2) is 7.38. The first-order chi connectivity index (χ1) is 7.11. The largest absolute Gasteiger partial charge is 0.478 e. The lowest BCUT2D eigenvalue weighted by Gasteiger charge is -2.02. The van der Waals surface area contributed by atoms with Crippen LogP contribution in [0.15, 0.2) is 21.6 Å². The molecule has 0 aliphatic heterocycles. The summed E-state index contributed by atoms with van der Waals surface area (Å²) < 4.78 is 0. The van der Waals surface area contributed by atoms with Crippen LogP contribution >= 0.6 is 0 Å². The first kappa shape index (κ1) is 13.0. The zero-order valence-electron chi connectivity index (χ0n) is 8.14. The molecule has 0 aromatic rings. The molecule has 0 heterocycles. The minimum absolute atomic E-state index is 0.0779. The summed E-state index contributed by atoms with van der Waals surface area (Å²) in [6.07, 6.45) is 4.26. The first-order valence-electron chi connectivity index (χ1n) is 4.14. The van der Waals surface area contributed by atoms with Crippen LogP contribution in [-0.2, 0) is 14.4 Å². The summed E-state index contributed by atoms with van der Waals surface area (Å²) in [4.78, 5) is 36.9. The Morgan fingerprint density at radius 1 is 1.47 bits per heavy atom. The Kier molecular flexibility index (Phi) is 6.38. The fraction of sp³-hybridized carbons (Fsp3) is 0.444. The second-order valence-electron chi connectivity index (χ2n) is 2.70. The molecule has 1 atom stereocenters. The molecule has 15 heavy (non-hydrogen) atoms. The van der Waals surface area contributed by atoms with Gasteiger partial charge >= 0.3 is 5.97 Å². The Hall–Kier alpha value is -2.03. The van der Waals surface area contributed by atoms with Gasteiger partial charge in [-0.2, -0.15) is 4.99 Å². The number of hydrogen-bond acceptors (Lipinski definition) is 5. The Labute approximate surface area is 86.0 Å². The van der Waals surface area contributed by atoms with Gasteiger partial charge in [-0.05, 0) is 19.4 Å². The molecule has 0 radical (unpaired) electrons. The van der Waals surface area contributed by atoms with Crippen LogP contribution in [0.3, 0.4) is 0 Å². The molecule has 0 saturated heterocycles. The molecule has 0 aromatic heterocycles. The van der Waals surface area contributed by atoms with Gasteiger partial charge in [-0.25, -0.2) is 19.4 Å². The maximum absolute atomic E-state index is 10.5. The van der Waals surface area contributed by atoms with E-state index >= 15 is 0 Å². The van der Waals surface area contributed by atoms with Gasteiger partial charge in [-0.1, -0.05) is 0 Å². The standard InChI is InChI=1S/C9H10N2O4/c1-7(9(14)15)4-8(11-6-13)2-3-10-5-12/h4,8H,2-3H2,1H3,(H,14,15)/b7-4+. The van der Waals surface area contributed by atoms with Crippen LogP contribution in [0, 0.1) is 0 Å². The Bertz CT molecular complexity index is 349. The molecule has 6 heteroatoms. The van der Waals surface area contributed by atoms with Crippen LogP contribution in [0.5, 0.6) is 0 Å². The fourth-order valence-corrected chi connectivity index (χ4v) is 0.855. The van der Waals surface area contributed by atoms with Crippen LogP contribution in [-0.4, -0.2) is 35.8 Å². The summed E-state index contributed by atoms with van der Waals surface area (Å²) in [5.74, 6) is -1.08. The summed E-state index contributed by atoms with van der Waals surface area (Å²) in [6, 6.07) is -0.615. The van der Waals surface area contributed by atoms with Gasteiger partial charge in [-0.15, -0.1) is 0 Å². The highest BCUT2D eigenvalue weighted by atomic mass is 16.4. The first-order valence-corrected chi connectivity index (χ1v) is 4.14. The third kappa shape index (κ3) is 6.10. The Morgan fingerprint density at radius 3 is 2.60 bits per heavy atom. The smallest absolute Gasteiger partial charge is 0.331 e. The summed E-state index contributed by atoms with van der Waals surface area (Å²) in [5, 5.41) is 8.58. The van der Waals surface area contributed by atoms with Crippen molar-refractivity contribution in [3.8, 4) is 0 Å². The monoisotopic (exact) mass is 210 g/mol. The number of carbonyl (C=O) groups is 1. The molecule has 0 saturated carbocycles. The third-order valence-corrected chi connectivity index (χ3v) is 1.60. The van der Waals surface area contributed by atoms with E-state index in [1.165, 1.54) is 25.2 Å². The molecular formula is C9H10N2O4. The lowest BCUT2D eigenvalue weighted by molar-refractivity contribution is -0.132. The molecule has 0 amide bonds. The number of rotatable bonds is 6. The van der Waals surface area contributed by atoms with Crippen LogP contribution in [0.4, 0.5) is 0 Å². The summed E-state index contributed by atoms with van der Waals surface area (Å²) in [7, 11) is 0. The van der Waals surface area contributed by atoms with Gasteiger partial charge in [0.15, 0.2) is 0 Å². The van der Waals surface area contributed by atoms with Gasteiger partial charge in [-0.3, -0.25) is 0 Å². The second-order valence-corrected chi connectivity index (χ2v) is 2.70. The number of aliphatic imine (C=N–C) groups is 2. The summed E-state index contributed by atoms with van der Waals surface area (Å²) >= 11 is 0. The number of nitrogens with zero attached hydrogens (tertiary/aromatic N) is 2. The number of carboxylic acid groups (broad SMARTS) is 1. The van der Waals surface area contributed by atoms with Crippen LogP contribution in [0.1, 0.15) is 13.3 Å². The molecule has 0 bridgehead atoms. The van der Waals surface area contributed by atoms with E-state index in [-0.39, 0.29) is 18.5 Å². The molecule has 1 unspecified atom stereocenters. The van der Waals surface area contributed by atoms with E-state index in [0.717, 1.165) is 0 Å². The Balaban J connectivity index is 4.52. The molecule has 1 N–H and O–H groups in total. The molecule has 0 aliphatic rings. The maximum Gasteiger partial charge on any atom is 0.331 e. The van der Waals surface area contributed by atoms with Crippen molar-refractivity contribution >= 4 is 18.1 Å². The fourth-order valence-electron chi connectivity index (χ4n) is 0.855. The highest BCUT2D eigenvalue weighted by Crippen LogP contribution is 2.04. The van der Waals surface area contributed by atoms with Crippen molar-refractivity contribution in [3.05, 3.63) is 11.6 Å². The quantitative estimate of drug-likeness (QED) is 0.391. The zero-order chi connectivity index (χ0) is 11.7. The predicted octanol–water partition coefficient (Wildman–Crippen LogP) is 0.448. The SMILES string of the molecule is C/C(=C\C(CCN=C=O)N=C=O)C(=O)O. The average molecular weight is 210 g/mol. The third-order valence-electron chi connectivity index (χ3n) is 1.60. The van der Waals surface area contributed by atoms with E-state index < -0.39 is 12.0 Å². The molecule has 0 aromatic carbocycles. The van der Waals surface area contributed by atoms with Crippen molar-refractivity contribution in [1.82, 2.24) is 0 Å². The van der Waals surface area contributed by atoms with E-state index in [1.54, 1.807) is 0 Å². The van der Waals surface area contributed by atoms with Gasteiger partial charge in [0.05, 0.1) is 12.6 Å². The van der Waals surface area contributed by atoms with Crippen molar-refractivity contribution in [1.29, 1.82) is 0 Å². The van der Waals surface area contributed by atoms with E-state index in [4.69, 9.17) is 5.11 Å². The number of carboxylic acids is 1. The van der Waals surface area contributed by atoms with E-state index in [9.17, 15) is 14.4 Å². The number of isocyanates is 2. The van der Waals surface area contributed by atoms with Crippen molar-refractivity contribution in [2.75, 3.05) is 6.54 Å². The summed E-state index contributed by atoms with van der Waals surface area (Å²) in [6.45, 7) is 1.53. The minimum atomic E-state index is -1.08. The molecule has 6 nitrogen and oxygen atoms in total. The normalized spacial score (nSPS) is 12.2. The van der Waals surface area contributed by atoms with Gasteiger partial charge < -0.3 is 5.11 Å². The number of hydrogen-bond donors (Lipinski definition) is 1. The van der Waals surface area contributed by atoms with Gasteiger partial charge in [0.25, 0.3) is 0 Å². The maximum atomic E-state index is 10.5.